The van der Waals surface area contributed by atoms with Gasteiger partial charge in [0.25, 0.3) is 5.56 Å². The second-order valence-electron chi connectivity index (χ2n) is 7.94. The van der Waals surface area contributed by atoms with Crippen molar-refractivity contribution in [2.24, 2.45) is 0 Å². The zero-order valence-electron chi connectivity index (χ0n) is 20.2. The predicted molar refractivity (Wildman–Crippen MR) is 145 cm³/mol. The molecule has 0 radical (unpaired) electrons. The van der Waals surface area contributed by atoms with Gasteiger partial charge in [0, 0.05) is 25.2 Å². The van der Waals surface area contributed by atoms with Gasteiger partial charge < -0.3 is 15.4 Å². The maximum Gasteiger partial charge on any atom is 0.278 e. The molecule has 2 aromatic carbocycles. The fourth-order valence-electron chi connectivity index (χ4n) is 3.60. The molecule has 2 N–H and O–H groups in total. The van der Waals surface area contributed by atoms with Crippen molar-refractivity contribution >= 4 is 46.2 Å². The molecular weight excluding hydrogens is 515 g/mol. The molecule has 0 bridgehead atoms. The summed E-state index contributed by atoms with van der Waals surface area (Å²) < 4.78 is 6.70. The quantitative estimate of drug-likeness (QED) is 0.302. The molecule has 1 amide bonds. The highest BCUT2D eigenvalue weighted by atomic mass is 35.5. The van der Waals surface area contributed by atoms with Crippen LogP contribution in [0.15, 0.2) is 65.6 Å². The fraction of sp³-hybridized carbons (Fsp3) is 0.192. The average molecular weight is 539 g/mol. The summed E-state index contributed by atoms with van der Waals surface area (Å²) in [7, 11) is 1.57. The van der Waals surface area contributed by atoms with Gasteiger partial charge in [-0.05, 0) is 55.0 Å². The lowest BCUT2D eigenvalue weighted by molar-refractivity contribution is -0.116. The lowest BCUT2D eigenvalue weighted by Crippen LogP contribution is -2.31. The summed E-state index contributed by atoms with van der Waals surface area (Å²) in [4.78, 5) is 38.9. The van der Waals surface area contributed by atoms with Crippen molar-refractivity contribution in [1.82, 2.24) is 24.8 Å². The van der Waals surface area contributed by atoms with Crippen LogP contribution in [0.4, 0.5) is 5.95 Å². The van der Waals surface area contributed by atoms with E-state index in [1.54, 1.807) is 62.7 Å². The van der Waals surface area contributed by atoms with E-state index in [0.717, 1.165) is 5.56 Å². The lowest BCUT2D eigenvalue weighted by Gasteiger charge is -2.13. The minimum absolute atomic E-state index is 0.188. The number of benzene rings is 2. The fourth-order valence-corrected chi connectivity index (χ4v) is 3.92. The van der Waals surface area contributed by atoms with Crippen LogP contribution < -0.4 is 20.9 Å². The highest BCUT2D eigenvalue weighted by Crippen LogP contribution is 2.23. The van der Waals surface area contributed by atoms with Gasteiger partial charge in [-0.1, -0.05) is 35.3 Å². The molecule has 11 heteroatoms. The normalized spacial score (nSPS) is 11.1. The van der Waals surface area contributed by atoms with Gasteiger partial charge in [-0.3, -0.25) is 14.2 Å². The Morgan fingerprint density at radius 2 is 1.89 bits per heavy atom. The van der Waals surface area contributed by atoms with E-state index in [9.17, 15) is 9.59 Å². The first-order chi connectivity index (χ1) is 17.9. The standard InChI is InChI=1S/C26H24Cl2N6O3/c1-3-4-22(35)29-11-12-34-24-21(32-23(25(34)36)17-6-8-18(37-2)9-7-17)15-31-26(33-24)30-14-16-5-10-19(27)20(28)13-16/h3-10,13,15H,11-12,14H2,1-2H3,(H,29,35)(H,30,31,33)/b4-3+. The highest BCUT2D eigenvalue weighted by Gasteiger charge is 2.15. The van der Waals surface area contributed by atoms with E-state index in [1.165, 1.54) is 10.6 Å². The molecule has 190 valence electrons. The van der Waals surface area contributed by atoms with E-state index in [2.05, 4.69) is 25.6 Å². The number of hydrogen-bond acceptors (Lipinski definition) is 7. The molecular formula is C26H24Cl2N6O3. The molecule has 0 spiro atoms. The Morgan fingerprint density at radius 1 is 1.11 bits per heavy atom. The second-order valence-corrected chi connectivity index (χ2v) is 8.76. The van der Waals surface area contributed by atoms with E-state index in [4.69, 9.17) is 27.9 Å². The van der Waals surface area contributed by atoms with Crippen LogP contribution in [0, 0.1) is 0 Å². The third kappa shape index (κ3) is 6.25. The van der Waals surface area contributed by atoms with Crippen molar-refractivity contribution in [3.05, 3.63) is 86.8 Å². The van der Waals surface area contributed by atoms with Gasteiger partial charge in [-0.15, -0.1) is 0 Å². The van der Waals surface area contributed by atoms with Crippen LogP contribution in [0.25, 0.3) is 22.4 Å². The van der Waals surface area contributed by atoms with Crippen LogP contribution in [-0.4, -0.2) is 39.1 Å². The van der Waals surface area contributed by atoms with Gasteiger partial charge in [0.2, 0.25) is 11.9 Å². The lowest BCUT2D eigenvalue weighted by atomic mass is 10.1. The molecule has 37 heavy (non-hydrogen) atoms. The Labute approximate surface area is 223 Å². The van der Waals surface area contributed by atoms with Gasteiger partial charge in [-0.2, -0.15) is 4.98 Å². The molecule has 9 nitrogen and oxygen atoms in total. The number of ether oxygens (including phenoxy) is 1. The summed E-state index contributed by atoms with van der Waals surface area (Å²) in [6, 6.07) is 12.4. The summed E-state index contributed by atoms with van der Waals surface area (Å²) in [5, 5.41) is 6.82. The van der Waals surface area contributed by atoms with Crippen molar-refractivity contribution < 1.29 is 9.53 Å². The van der Waals surface area contributed by atoms with E-state index >= 15 is 0 Å². The Balaban J connectivity index is 1.70. The van der Waals surface area contributed by atoms with E-state index in [1.807, 2.05) is 6.07 Å². The molecule has 4 rings (SSSR count). The van der Waals surface area contributed by atoms with Gasteiger partial charge in [0.1, 0.15) is 17.0 Å². The zero-order chi connectivity index (χ0) is 26.4. The molecule has 0 aliphatic heterocycles. The maximum absolute atomic E-state index is 13.5. The number of rotatable bonds is 9. The summed E-state index contributed by atoms with van der Waals surface area (Å²) in [6.07, 6.45) is 4.62. The Morgan fingerprint density at radius 3 is 2.59 bits per heavy atom. The second kappa shape index (κ2) is 11.9. The van der Waals surface area contributed by atoms with Gasteiger partial charge >= 0.3 is 0 Å². The van der Waals surface area contributed by atoms with E-state index in [-0.39, 0.29) is 30.2 Å². The number of anilines is 1. The van der Waals surface area contributed by atoms with Crippen LogP contribution >= 0.6 is 23.2 Å². The number of halogens is 2. The number of amides is 1. The van der Waals surface area contributed by atoms with Gasteiger partial charge in [0.15, 0.2) is 5.65 Å². The van der Waals surface area contributed by atoms with Gasteiger partial charge in [0.05, 0.1) is 23.4 Å². The van der Waals surface area contributed by atoms with E-state index in [0.29, 0.717) is 45.0 Å². The van der Waals surface area contributed by atoms with Crippen LogP contribution in [0.5, 0.6) is 5.75 Å². The van der Waals surface area contributed by atoms with Crippen LogP contribution in [0.1, 0.15) is 12.5 Å². The largest absolute Gasteiger partial charge is 0.497 e. The minimum atomic E-state index is -0.341. The number of fused-ring (bicyclic) bond motifs is 1. The molecule has 0 fully saturated rings. The first-order valence-corrected chi connectivity index (χ1v) is 12.2. The first kappa shape index (κ1) is 26.1. The molecule has 0 atom stereocenters. The predicted octanol–water partition coefficient (Wildman–Crippen LogP) is 4.47. The summed E-state index contributed by atoms with van der Waals surface area (Å²) >= 11 is 12.1. The van der Waals surface area contributed by atoms with Crippen molar-refractivity contribution in [2.75, 3.05) is 19.0 Å². The summed E-state index contributed by atoms with van der Waals surface area (Å²) in [5.41, 5.74) is 2.19. The van der Waals surface area contributed by atoms with Crippen LogP contribution in [0.3, 0.4) is 0 Å². The zero-order valence-corrected chi connectivity index (χ0v) is 21.7. The van der Waals surface area contributed by atoms with Crippen molar-refractivity contribution in [3.63, 3.8) is 0 Å². The molecule has 0 saturated carbocycles. The number of carbonyl (C=O) groups excluding carboxylic acids is 1. The highest BCUT2D eigenvalue weighted by molar-refractivity contribution is 6.42. The summed E-state index contributed by atoms with van der Waals surface area (Å²) in [6.45, 7) is 2.56. The third-order valence-corrected chi connectivity index (χ3v) is 6.18. The molecule has 2 aromatic heterocycles. The first-order valence-electron chi connectivity index (χ1n) is 11.4. The number of methoxy groups -OCH3 is 1. The molecule has 2 heterocycles. The topological polar surface area (TPSA) is 111 Å². The maximum atomic E-state index is 13.5. The monoisotopic (exact) mass is 538 g/mol. The Hall–Kier alpha value is -3.95. The van der Waals surface area contributed by atoms with Gasteiger partial charge in [-0.25, -0.2) is 9.97 Å². The number of hydrogen-bond donors (Lipinski definition) is 2. The smallest absolute Gasteiger partial charge is 0.278 e. The van der Waals surface area contributed by atoms with Crippen molar-refractivity contribution in [2.45, 2.75) is 20.0 Å². The number of aromatic nitrogens is 4. The van der Waals surface area contributed by atoms with Crippen molar-refractivity contribution in [3.8, 4) is 17.0 Å². The van der Waals surface area contributed by atoms with E-state index < -0.39 is 0 Å². The van der Waals surface area contributed by atoms with Crippen LogP contribution in [0.2, 0.25) is 10.0 Å². The number of nitrogens with one attached hydrogen (secondary N) is 2. The van der Waals surface area contributed by atoms with Crippen molar-refractivity contribution in [1.29, 1.82) is 0 Å². The number of carbonyl (C=O) groups is 1. The number of nitrogens with zero attached hydrogens (tertiary/aromatic N) is 4. The molecule has 0 unspecified atom stereocenters. The average Bonchev–Trinajstić information content (AvgIpc) is 2.90. The molecule has 0 aliphatic rings. The minimum Gasteiger partial charge on any atom is -0.497 e. The SMILES string of the molecule is C/C=C/C(=O)NCCn1c(=O)c(-c2ccc(OC)cc2)nc2cnc(NCc3ccc(Cl)c(Cl)c3)nc21. The third-order valence-electron chi connectivity index (χ3n) is 5.44. The Kier molecular flexibility index (Phi) is 8.37. The molecule has 0 aliphatic carbocycles. The molecule has 4 aromatic rings. The van der Waals surface area contributed by atoms with Crippen LogP contribution in [-0.2, 0) is 17.9 Å². The Bertz CT molecular complexity index is 1520. The molecule has 0 saturated heterocycles. The number of allylic oxidation sites excluding steroid dienone is 1. The summed E-state index contributed by atoms with van der Waals surface area (Å²) in [5.74, 6) is 0.726.